The van der Waals surface area contributed by atoms with E-state index in [-0.39, 0.29) is 0 Å². The molecule has 6 unspecified atom stereocenters. The normalized spacial score (nSPS) is 47.7. The van der Waals surface area contributed by atoms with E-state index < -0.39 is 0 Å². The standard InChI is InChI=1S/C20H36P2/c1-21(19-11-15-7-3-4-8-16(15)12-19)22(2)20-13-17-9-5-6-10-18(17)14-20/h15-20H,3-14H2,1-2H3. The zero-order valence-corrected chi connectivity index (χ0v) is 16.6. The van der Waals surface area contributed by atoms with Crippen LogP contribution in [-0.2, 0) is 0 Å². The van der Waals surface area contributed by atoms with Gasteiger partial charge in [0.05, 0.1) is 0 Å². The zero-order chi connectivity index (χ0) is 15.1. The van der Waals surface area contributed by atoms with E-state index in [4.69, 9.17) is 0 Å². The summed E-state index contributed by atoms with van der Waals surface area (Å²) in [5.74, 6) is 4.60. The Morgan fingerprint density at radius 2 is 0.773 bits per heavy atom. The van der Waals surface area contributed by atoms with Gasteiger partial charge in [-0.15, -0.1) is 0 Å². The minimum atomic E-state index is 0.346. The quantitative estimate of drug-likeness (QED) is 0.483. The first-order valence-electron chi connectivity index (χ1n) is 10.2. The molecule has 4 aliphatic rings. The molecule has 4 fully saturated rings. The van der Waals surface area contributed by atoms with Crippen molar-refractivity contribution in [3.05, 3.63) is 0 Å². The molecule has 126 valence electrons. The number of hydrogen-bond acceptors (Lipinski definition) is 0. The molecule has 6 atom stereocenters. The van der Waals surface area contributed by atoms with Crippen molar-refractivity contribution in [2.75, 3.05) is 13.3 Å². The largest absolute Gasteiger partial charge is 0.0810 e. The molecule has 22 heavy (non-hydrogen) atoms. The molecule has 0 spiro atoms. The highest BCUT2D eigenvalue weighted by molar-refractivity contribution is 8.29. The maximum Gasteiger partial charge on any atom is -0.0167 e. The molecule has 0 N–H and O–H groups in total. The van der Waals surface area contributed by atoms with Crippen molar-refractivity contribution >= 4 is 15.2 Å². The van der Waals surface area contributed by atoms with Crippen molar-refractivity contribution < 1.29 is 0 Å². The van der Waals surface area contributed by atoms with Gasteiger partial charge in [-0.1, -0.05) is 66.6 Å². The van der Waals surface area contributed by atoms with Gasteiger partial charge < -0.3 is 0 Å². The summed E-state index contributed by atoms with van der Waals surface area (Å²) in [6, 6.07) is 0. The average Bonchev–Trinajstić information content (AvgIpc) is 3.16. The molecule has 4 rings (SSSR count). The summed E-state index contributed by atoms with van der Waals surface area (Å²) in [5.41, 5.74) is 2.34. The second-order valence-corrected chi connectivity index (χ2v) is 16.5. The topological polar surface area (TPSA) is 0 Å². The SMILES string of the molecule is CP(C1CC2CCCCC2C1)P(C)C1CC2CCCCC2C1. The minimum absolute atomic E-state index is 0.346. The maximum atomic E-state index is 2.73. The Hall–Kier alpha value is 0.860. The second-order valence-electron chi connectivity index (χ2n) is 9.01. The molecule has 0 aromatic heterocycles. The van der Waals surface area contributed by atoms with E-state index in [1.54, 1.807) is 77.0 Å². The van der Waals surface area contributed by atoms with E-state index in [0.717, 1.165) is 23.7 Å². The molecule has 4 saturated carbocycles. The molecule has 2 heteroatoms. The molecule has 0 bridgehead atoms. The predicted octanol–water partition coefficient (Wildman–Crippen LogP) is 7.06. The van der Waals surface area contributed by atoms with Crippen LogP contribution in [0.3, 0.4) is 0 Å². The smallest absolute Gasteiger partial charge is 0.0167 e. The number of rotatable bonds is 3. The van der Waals surface area contributed by atoms with Crippen LogP contribution in [0.4, 0.5) is 0 Å². The van der Waals surface area contributed by atoms with Crippen LogP contribution >= 0.6 is 15.2 Å². The molecule has 0 radical (unpaired) electrons. The monoisotopic (exact) mass is 338 g/mol. The van der Waals surface area contributed by atoms with E-state index in [1.165, 1.54) is 11.3 Å². The summed E-state index contributed by atoms with van der Waals surface area (Å²) in [5, 5.41) is 0. The van der Waals surface area contributed by atoms with Crippen molar-refractivity contribution in [2.24, 2.45) is 23.7 Å². The van der Waals surface area contributed by atoms with E-state index >= 15 is 0 Å². The highest BCUT2D eigenvalue weighted by Gasteiger charge is 2.43. The van der Waals surface area contributed by atoms with E-state index in [0.29, 0.717) is 15.2 Å². The molecule has 0 saturated heterocycles. The second kappa shape index (κ2) is 7.00. The van der Waals surface area contributed by atoms with Gasteiger partial charge in [-0.3, -0.25) is 0 Å². The molecule has 0 aromatic rings. The molecule has 4 aliphatic carbocycles. The predicted molar refractivity (Wildman–Crippen MR) is 103 cm³/mol. The van der Waals surface area contributed by atoms with Gasteiger partial charge in [0.15, 0.2) is 0 Å². The number of hydrogen-bond donors (Lipinski definition) is 0. The van der Waals surface area contributed by atoms with Crippen LogP contribution in [0, 0.1) is 23.7 Å². The van der Waals surface area contributed by atoms with Gasteiger partial charge in [0.1, 0.15) is 0 Å². The maximum absolute atomic E-state index is 2.73. The average molecular weight is 338 g/mol. The fourth-order valence-electron chi connectivity index (χ4n) is 6.53. The molecule has 0 aliphatic heterocycles. The Kier molecular flexibility index (Phi) is 5.20. The fourth-order valence-corrected chi connectivity index (χ4v) is 14.1. The van der Waals surface area contributed by atoms with Crippen molar-refractivity contribution in [3.63, 3.8) is 0 Å². The lowest BCUT2D eigenvalue weighted by atomic mass is 9.82. The highest BCUT2D eigenvalue weighted by Crippen LogP contribution is 2.76. The van der Waals surface area contributed by atoms with Crippen molar-refractivity contribution in [2.45, 2.75) is 88.4 Å². The molecule has 0 aromatic carbocycles. The summed E-state index contributed by atoms with van der Waals surface area (Å²) in [7, 11) is 0.693. The Morgan fingerprint density at radius 3 is 1.05 bits per heavy atom. The third-order valence-electron chi connectivity index (χ3n) is 7.99. The first-order valence-corrected chi connectivity index (χ1v) is 14.6. The first-order chi connectivity index (χ1) is 10.7. The summed E-state index contributed by atoms with van der Waals surface area (Å²) in [4.78, 5) is 0. The van der Waals surface area contributed by atoms with Crippen LogP contribution < -0.4 is 0 Å². The van der Waals surface area contributed by atoms with Crippen LogP contribution in [0.25, 0.3) is 0 Å². The van der Waals surface area contributed by atoms with Crippen molar-refractivity contribution in [1.29, 1.82) is 0 Å². The van der Waals surface area contributed by atoms with Gasteiger partial charge in [0.2, 0.25) is 0 Å². The lowest BCUT2D eigenvalue weighted by Gasteiger charge is -2.32. The van der Waals surface area contributed by atoms with Crippen LogP contribution in [0.1, 0.15) is 77.0 Å². The van der Waals surface area contributed by atoms with Crippen LogP contribution in [0.5, 0.6) is 0 Å². The molecule has 0 amide bonds. The third-order valence-corrected chi connectivity index (χ3v) is 16.9. The van der Waals surface area contributed by atoms with Gasteiger partial charge in [-0.25, -0.2) is 0 Å². The van der Waals surface area contributed by atoms with Gasteiger partial charge in [0.25, 0.3) is 0 Å². The van der Waals surface area contributed by atoms with Crippen molar-refractivity contribution in [3.8, 4) is 0 Å². The molecule has 0 nitrogen and oxygen atoms in total. The Labute approximate surface area is 141 Å². The van der Waals surface area contributed by atoms with E-state index in [1.807, 2.05) is 0 Å². The van der Waals surface area contributed by atoms with Gasteiger partial charge in [-0.05, 0) is 74.0 Å². The Bertz CT molecular complexity index is 318. The van der Waals surface area contributed by atoms with Gasteiger partial charge >= 0.3 is 0 Å². The summed E-state index contributed by atoms with van der Waals surface area (Å²) < 4.78 is 0. The minimum Gasteiger partial charge on any atom is -0.0810 e. The summed E-state index contributed by atoms with van der Waals surface area (Å²) >= 11 is 0. The van der Waals surface area contributed by atoms with Crippen LogP contribution in [-0.4, -0.2) is 24.6 Å². The Morgan fingerprint density at radius 1 is 0.500 bits per heavy atom. The van der Waals surface area contributed by atoms with E-state index in [2.05, 4.69) is 13.3 Å². The molecular formula is C20H36P2. The lowest BCUT2D eigenvalue weighted by Crippen LogP contribution is -2.12. The van der Waals surface area contributed by atoms with Gasteiger partial charge in [-0.2, -0.15) is 0 Å². The highest BCUT2D eigenvalue weighted by atomic mass is 32.1. The number of fused-ring (bicyclic) bond motifs is 2. The third kappa shape index (κ3) is 3.18. The fraction of sp³-hybridized carbons (Fsp3) is 1.00. The summed E-state index contributed by atoms with van der Waals surface area (Å²) in [6.07, 6.45) is 19.1. The Balaban J connectivity index is 1.35. The molecular weight excluding hydrogens is 302 g/mol. The molecule has 0 heterocycles. The van der Waals surface area contributed by atoms with Gasteiger partial charge in [0, 0.05) is 0 Å². The van der Waals surface area contributed by atoms with Crippen LogP contribution in [0.2, 0.25) is 0 Å². The van der Waals surface area contributed by atoms with Crippen molar-refractivity contribution in [1.82, 2.24) is 0 Å². The summed E-state index contributed by atoms with van der Waals surface area (Å²) in [6.45, 7) is 5.45. The zero-order valence-electron chi connectivity index (χ0n) is 14.8. The van der Waals surface area contributed by atoms with E-state index in [9.17, 15) is 0 Å². The lowest BCUT2D eigenvalue weighted by molar-refractivity contribution is 0.277. The first kappa shape index (κ1) is 16.3. The van der Waals surface area contributed by atoms with Crippen LogP contribution in [0.15, 0.2) is 0 Å².